The molecule has 0 fully saturated rings. The number of ether oxygens (including phenoxy) is 2. The van der Waals surface area contributed by atoms with Crippen LogP contribution in [0.2, 0.25) is 0 Å². The van der Waals surface area contributed by atoms with Crippen molar-refractivity contribution in [3.8, 4) is 11.8 Å². The summed E-state index contributed by atoms with van der Waals surface area (Å²) in [7, 11) is 0. The third-order valence-electron chi connectivity index (χ3n) is 2.50. The number of hydrogen-bond acceptors (Lipinski definition) is 4. The molecule has 0 spiro atoms. The van der Waals surface area contributed by atoms with E-state index in [1.54, 1.807) is 0 Å². The normalized spacial score (nSPS) is 10.4. The largest absolute Gasteiger partial charge is 0.479 e. The maximum atomic E-state index is 8.41. The molecule has 0 heterocycles. The van der Waals surface area contributed by atoms with Gasteiger partial charge in [-0.25, -0.2) is 0 Å². The highest BCUT2D eigenvalue weighted by Crippen LogP contribution is 2.11. The summed E-state index contributed by atoms with van der Waals surface area (Å²) in [4.78, 5) is 0. The fraction of sp³-hybridized carbons (Fsp3) is 0.533. The number of nitrogens with zero attached hydrogens (tertiary/aromatic N) is 1. The Morgan fingerprint density at radius 2 is 2.00 bits per heavy atom. The summed E-state index contributed by atoms with van der Waals surface area (Å²) in [6.07, 6.45) is 1.32. The van der Waals surface area contributed by atoms with Crippen molar-refractivity contribution in [2.75, 3.05) is 19.8 Å². The van der Waals surface area contributed by atoms with E-state index in [4.69, 9.17) is 14.7 Å². The van der Waals surface area contributed by atoms with Gasteiger partial charge in [0.05, 0.1) is 6.10 Å². The molecule has 0 aliphatic carbocycles. The van der Waals surface area contributed by atoms with Gasteiger partial charge < -0.3 is 14.8 Å². The Labute approximate surface area is 115 Å². The minimum atomic E-state index is 0.0907. The van der Waals surface area contributed by atoms with Crippen molar-refractivity contribution < 1.29 is 9.47 Å². The monoisotopic (exact) mass is 262 g/mol. The van der Waals surface area contributed by atoms with Crippen LogP contribution in [0.25, 0.3) is 0 Å². The highest BCUT2D eigenvalue weighted by molar-refractivity contribution is 5.27. The molecule has 0 amide bonds. The van der Waals surface area contributed by atoms with Gasteiger partial charge in [-0.2, -0.15) is 5.26 Å². The molecule has 4 nitrogen and oxygen atoms in total. The predicted molar refractivity (Wildman–Crippen MR) is 75.0 cm³/mol. The molecule has 104 valence electrons. The van der Waals surface area contributed by atoms with Crippen molar-refractivity contribution in [3.05, 3.63) is 29.8 Å². The van der Waals surface area contributed by atoms with Crippen molar-refractivity contribution in [1.29, 1.82) is 5.26 Å². The van der Waals surface area contributed by atoms with Crippen LogP contribution in [0.4, 0.5) is 0 Å². The van der Waals surface area contributed by atoms with E-state index in [1.165, 1.54) is 5.56 Å². The van der Waals surface area contributed by atoms with Crippen LogP contribution in [0.5, 0.6) is 5.75 Å². The third kappa shape index (κ3) is 7.45. The summed E-state index contributed by atoms with van der Waals surface area (Å²) in [6, 6.07) is 9.72. The van der Waals surface area contributed by atoms with Crippen LogP contribution in [-0.2, 0) is 11.3 Å². The van der Waals surface area contributed by atoms with Crippen LogP contribution < -0.4 is 10.1 Å². The summed E-state index contributed by atoms with van der Waals surface area (Å²) in [5.74, 6) is 0.732. The number of nitriles is 1. The van der Waals surface area contributed by atoms with Crippen molar-refractivity contribution in [3.63, 3.8) is 0 Å². The summed E-state index contributed by atoms with van der Waals surface area (Å²) < 4.78 is 10.7. The van der Waals surface area contributed by atoms with Gasteiger partial charge in [0.25, 0.3) is 0 Å². The van der Waals surface area contributed by atoms with Gasteiger partial charge in [0.15, 0.2) is 6.61 Å². The molecule has 0 unspecified atom stereocenters. The van der Waals surface area contributed by atoms with Crippen LogP contribution in [0.15, 0.2) is 24.3 Å². The lowest BCUT2D eigenvalue weighted by Crippen LogP contribution is -2.17. The summed E-state index contributed by atoms with van der Waals surface area (Å²) in [5.41, 5.74) is 1.20. The molecule has 1 N–H and O–H groups in total. The van der Waals surface area contributed by atoms with Crippen molar-refractivity contribution in [2.24, 2.45) is 0 Å². The number of rotatable bonds is 9. The Kier molecular flexibility index (Phi) is 7.64. The van der Waals surface area contributed by atoms with Crippen LogP contribution in [0.1, 0.15) is 25.8 Å². The van der Waals surface area contributed by atoms with E-state index >= 15 is 0 Å². The highest BCUT2D eigenvalue weighted by atomic mass is 16.5. The van der Waals surface area contributed by atoms with Crippen molar-refractivity contribution in [1.82, 2.24) is 5.32 Å². The second kappa shape index (κ2) is 9.37. The molecule has 0 radical (unpaired) electrons. The van der Waals surface area contributed by atoms with Gasteiger partial charge in [-0.1, -0.05) is 12.1 Å². The molecular formula is C15H22N2O2. The Morgan fingerprint density at radius 3 is 2.63 bits per heavy atom. The smallest absolute Gasteiger partial charge is 0.174 e. The van der Waals surface area contributed by atoms with Gasteiger partial charge in [0, 0.05) is 13.2 Å². The standard InChI is InChI=1S/C15H22N2O2/c1-13(2)18-10-3-9-17-12-14-4-6-15(7-5-14)19-11-8-16/h4-7,13,17H,3,9-12H2,1-2H3. The van der Waals surface area contributed by atoms with Gasteiger partial charge in [-0.05, 0) is 44.5 Å². The van der Waals surface area contributed by atoms with Gasteiger partial charge in [-0.3, -0.25) is 0 Å². The Bertz CT molecular complexity index is 382. The van der Waals surface area contributed by atoms with Crippen LogP contribution >= 0.6 is 0 Å². The lowest BCUT2D eigenvalue weighted by Gasteiger charge is -2.08. The zero-order valence-corrected chi connectivity index (χ0v) is 11.7. The summed E-state index contributed by atoms with van der Waals surface area (Å²) in [6.45, 7) is 6.76. The lowest BCUT2D eigenvalue weighted by molar-refractivity contribution is 0.0770. The fourth-order valence-electron chi connectivity index (χ4n) is 1.57. The number of nitrogens with one attached hydrogen (secondary N) is 1. The maximum absolute atomic E-state index is 8.41. The van der Waals surface area contributed by atoms with E-state index in [2.05, 4.69) is 5.32 Å². The first-order valence-electron chi connectivity index (χ1n) is 6.63. The zero-order valence-electron chi connectivity index (χ0n) is 11.7. The predicted octanol–water partition coefficient (Wildman–Crippen LogP) is 2.49. The quantitative estimate of drug-likeness (QED) is 0.695. The average molecular weight is 262 g/mol. The van der Waals surface area contributed by atoms with Crippen LogP contribution in [0, 0.1) is 11.3 Å². The first-order chi connectivity index (χ1) is 9.22. The molecule has 19 heavy (non-hydrogen) atoms. The topological polar surface area (TPSA) is 54.3 Å². The van der Waals surface area contributed by atoms with Gasteiger partial charge in [-0.15, -0.1) is 0 Å². The van der Waals surface area contributed by atoms with Crippen molar-refractivity contribution in [2.45, 2.75) is 32.9 Å². The molecule has 4 heteroatoms. The number of benzene rings is 1. The van der Waals surface area contributed by atoms with E-state index in [0.717, 1.165) is 31.9 Å². The van der Waals surface area contributed by atoms with E-state index in [-0.39, 0.29) is 6.61 Å². The average Bonchev–Trinajstić information content (AvgIpc) is 2.41. The fourth-order valence-corrected chi connectivity index (χ4v) is 1.57. The van der Waals surface area contributed by atoms with Gasteiger partial charge in [0.2, 0.25) is 0 Å². The summed E-state index contributed by atoms with van der Waals surface area (Å²) >= 11 is 0. The molecule has 0 aliphatic heterocycles. The van der Waals surface area contributed by atoms with Crippen molar-refractivity contribution >= 4 is 0 Å². The molecule has 0 aliphatic rings. The molecule has 0 atom stereocenters. The second-order valence-electron chi connectivity index (χ2n) is 4.54. The zero-order chi connectivity index (χ0) is 13.9. The molecular weight excluding hydrogens is 240 g/mol. The van der Waals surface area contributed by atoms with E-state index in [0.29, 0.717) is 6.10 Å². The molecule has 0 bridgehead atoms. The second-order valence-corrected chi connectivity index (χ2v) is 4.54. The van der Waals surface area contributed by atoms with Gasteiger partial charge >= 0.3 is 0 Å². The molecule has 0 saturated heterocycles. The molecule has 1 aromatic rings. The molecule has 1 aromatic carbocycles. The SMILES string of the molecule is CC(C)OCCCNCc1ccc(OCC#N)cc1. The minimum absolute atomic E-state index is 0.0907. The molecule has 1 rings (SSSR count). The first kappa shape index (κ1) is 15.5. The molecule has 0 saturated carbocycles. The lowest BCUT2D eigenvalue weighted by atomic mass is 10.2. The Hall–Kier alpha value is -1.57. The first-order valence-corrected chi connectivity index (χ1v) is 6.63. The Balaban J connectivity index is 2.14. The van der Waals surface area contributed by atoms with Crippen LogP contribution in [-0.4, -0.2) is 25.9 Å². The number of hydrogen-bond donors (Lipinski definition) is 1. The Morgan fingerprint density at radius 1 is 1.26 bits per heavy atom. The van der Waals surface area contributed by atoms with Crippen LogP contribution in [0.3, 0.4) is 0 Å². The third-order valence-corrected chi connectivity index (χ3v) is 2.50. The maximum Gasteiger partial charge on any atom is 0.174 e. The van der Waals surface area contributed by atoms with E-state index in [9.17, 15) is 0 Å². The molecule has 0 aromatic heterocycles. The highest BCUT2D eigenvalue weighted by Gasteiger charge is 1.96. The van der Waals surface area contributed by atoms with E-state index in [1.807, 2.05) is 44.2 Å². The summed E-state index contributed by atoms with van der Waals surface area (Å²) in [5, 5.41) is 11.8. The minimum Gasteiger partial charge on any atom is -0.479 e. The van der Waals surface area contributed by atoms with E-state index < -0.39 is 0 Å². The van der Waals surface area contributed by atoms with Gasteiger partial charge in [0.1, 0.15) is 11.8 Å².